The van der Waals surface area contributed by atoms with Crippen molar-refractivity contribution >= 4 is 40.8 Å². The average Bonchev–Trinajstić information content (AvgIpc) is 3.22. The summed E-state index contributed by atoms with van der Waals surface area (Å²) >= 11 is 1.31. The van der Waals surface area contributed by atoms with Crippen LogP contribution in [0.3, 0.4) is 0 Å². The Bertz CT molecular complexity index is 766. The van der Waals surface area contributed by atoms with E-state index in [0.717, 1.165) is 23.3 Å². The summed E-state index contributed by atoms with van der Waals surface area (Å²) in [6.45, 7) is 0. The highest BCUT2D eigenvalue weighted by atomic mass is 35.5. The standard InChI is InChI=1S/C18H21N3O3S.ClH/c1-24-15(22)10-14-16(11-5-3-2-4-6-11)20-18(25-14)21-17(23)12-7-8-13(19)9-12;/h2-6,12-13H,7-10,19H2,1H3,(H,20,21,23);1H. The maximum Gasteiger partial charge on any atom is 0.310 e. The van der Waals surface area contributed by atoms with Gasteiger partial charge in [-0.15, -0.1) is 23.7 Å². The third-order valence-corrected chi connectivity index (χ3v) is 5.32. The molecule has 1 aliphatic carbocycles. The van der Waals surface area contributed by atoms with Crippen LogP contribution in [0.15, 0.2) is 30.3 Å². The van der Waals surface area contributed by atoms with Gasteiger partial charge in [0.15, 0.2) is 5.13 Å². The van der Waals surface area contributed by atoms with Crippen molar-refractivity contribution in [1.29, 1.82) is 0 Å². The zero-order valence-electron chi connectivity index (χ0n) is 14.4. The van der Waals surface area contributed by atoms with Crippen LogP contribution in [0.5, 0.6) is 0 Å². The molecule has 0 aliphatic heterocycles. The van der Waals surface area contributed by atoms with Gasteiger partial charge >= 0.3 is 5.97 Å². The molecule has 8 heteroatoms. The van der Waals surface area contributed by atoms with Crippen LogP contribution in [0.1, 0.15) is 24.1 Å². The maximum absolute atomic E-state index is 12.4. The fraction of sp³-hybridized carbons (Fsp3) is 0.389. The van der Waals surface area contributed by atoms with E-state index in [1.54, 1.807) is 0 Å². The highest BCUT2D eigenvalue weighted by Crippen LogP contribution is 2.33. The molecule has 1 saturated carbocycles. The lowest BCUT2D eigenvalue weighted by molar-refractivity contribution is -0.139. The molecule has 0 spiro atoms. The van der Waals surface area contributed by atoms with Gasteiger partial charge in [-0.25, -0.2) is 4.98 Å². The molecule has 26 heavy (non-hydrogen) atoms. The summed E-state index contributed by atoms with van der Waals surface area (Å²) in [7, 11) is 1.36. The minimum absolute atomic E-state index is 0. The Morgan fingerprint density at radius 1 is 1.31 bits per heavy atom. The minimum atomic E-state index is -0.333. The zero-order chi connectivity index (χ0) is 17.8. The van der Waals surface area contributed by atoms with Crippen molar-refractivity contribution in [2.24, 2.45) is 11.7 Å². The second-order valence-corrected chi connectivity index (χ2v) is 7.25. The molecular formula is C18H22ClN3O3S. The summed E-state index contributed by atoms with van der Waals surface area (Å²) in [4.78, 5) is 29.4. The molecule has 3 N–H and O–H groups in total. The van der Waals surface area contributed by atoms with Gasteiger partial charge in [0.25, 0.3) is 0 Å². The normalized spacial score (nSPS) is 18.8. The second-order valence-electron chi connectivity index (χ2n) is 6.17. The van der Waals surface area contributed by atoms with Gasteiger partial charge in [-0.05, 0) is 19.3 Å². The lowest BCUT2D eigenvalue weighted by Crippen LogP contribution is -2.23. The van der Waals surface area contributed by atoms with Crippen LogP contribution in [-0.4, -0.2) is 30.0 Å². The number of aromatic nitrogens is 1. The Morgan fingerprint density at radius 3 is 2.65 bits per heavy atom. The van der Waals surface area contributed by atoms with Crippen molar-refractivity contribution in [2.75, 3.05) is 12.4 Å². The number of halogens is 1. The quantitative estimate of drug-likeness (QED) is 0.759. The van der Waals surface area contributed by atoms with Crippen molar-refractivity contribution < 1.29 is 14.3 Å². The first-order valence-corrected chi connectivity index (χ1v) is 9.07. The monoisotopic (exact) mass is 395 g/mol. The fourth-order valence-corrected chi connectivity index (χ4v) is 3.98. The first-order valence-electron chi connectivity index (χ1n) is 8.25. The number of amides is 1. The largest absolute Gasteiger partial charge is 0.469 e. The molecule has 0 bridgehead atoms. The molecule has 0 saturated heterocycles. The molecule has 2 aromatic rings. The number of esters is 1. The lowest BCUT2D eigenvalue weighted by Gasteiger charge is -2.08. The summed E-state index contributed by atoms with van der Waals surface area (Å²) < 4.78 is 4.77. The number of methoxy groups -OCH3 is 1. The van der Waals surface area contributed by atoms with E-state index < -0.39 is 0 Å². The van der Waals surface area contributed by atoms with Crippen LogP contribution in [0.2, 0.25) is 0 Å². The molecule has 1 heterocycles. The van der Waals surface area contributed by atoms with Crippen LogP contribution in [0, 0.1) is 5.92 Å². The molecule has 1 aliphatic rings. The molecule has 1 amide bonds. The molecule has 1 fully saturated rings. The van der Waals surface area contributed by atoms with E-state index in [-0.39, 0.29) is 42.7 Å². The van der Waals surface area contributed by atoms with E-state index in [2.05, 4.69) is 10.3 Å². The number of rotatable bonds is 5. The van der Waals surface area contributed by atoms with Gasteiger partial charge in [0.1, 0.15) is 0 Å². The van der Waals surface area contributed by atoms with Crippen molar-refractivity contribution in [3.05, 3.63) is 35.2 Å². The van der Waals surface area contributed by atoms with Gasteiger partial charge in [0, 0.05) is 22.4 Å². The Labute approximate surface area is 162 Å². The average molecular weight is 396 g/mol. The van der Waals surface area contributed by atoms with Crippen LogP contribution >= 0.6 is 23.7 Å². The molecule has 0 radical (unpaired) electrons. The van der Waals surface area contributed by atoms with Gasteiger partial charge < -0.3 is 15.8 Å². The topological polar surface area (TPSA) is 94.3 Å². The zero-order valence-corrected chi connectivity index (χ0v) is 16.1. The highest BCUT2D eigenvalue weighted by Gasteiger charge is 2.28. The summed E-state index contributed by atoms with van der Waals surface area (Å²) in [5.74, 6) is -0.450. The Hall–Kier alpha value is -1.96. The van der Waals surface area contributed by atoms with Crippen molar-refractivity contribution in [2.45, 2.75) is 31.7 Å². The molecule has 3 rings (SSSR count). The summed E-state index contributed by atoms with van der Waals surface area (Å²) in [5.41, 5.74) is 7.49. The van der Waals surface area contributed by atoms with Crippen LogP contribution in [-0.2, 0) is 20.7 Å². The smallest absolute Gasteiger partial charge is 0.310 e. The maximum atomic E-state index is 12.4. The second kappa shape index (κ2) is 9.12. The molecule has 2 unspecified atom stereocenters. The van der Waals surface area contributed by atoms with E-state index in [0.29, 0.717) is 17.2 Å². The molecular weight excluding hydrogens is 374 g/mol. The predicted octanol–water partition coefficient (Wildman–Crippen LogP) is 3.01. The number of hydrogen-bond donors (Lipinski definition) is 2. The third kappa shape index (κ3) is 4.81. The molecule has 2 atom stereocenters. The SMILES string of the molecule is COC(=O)Cc1sc(NC(=O)C2CCC(N)C2)nc1-c1ccccc1.Cl. The van der Waals surface area contributed by atoms with E-state index in [4.69, 9.17) is 10.5 Å². The van der Waals surface area contributed by atoms with E-state index >= 15 is 0 Å². The lowest BCUT2D eigenvalue weighted by atomic mass is 10.1. The number of benzene rings is 1. The molecule has 1 aromatic heterocycles. The van der Waals surface area contributed by atoms with Gasteiger partial charge in [-0.1, -0.05) is 30.3 Å². The fourth-order valence-electron chi connectivity index (χ4n) is 3.01. The Kier molecular flexibility index (Phi) is 7.14. The number of ether oxygens (including phenoxy) is 1. The highest BCUT2D eigenvalue weighted by molar-refractivity contribution is 7.16. The Morgan fingerprint density at radius 2 is 2.04 bits per heavy atom. The first-order chi connectivity index (χ1) is 12.1. The molecule has 1 aromatic carbocycles. The summed E-state index contributed by atoms with van der Waals surface area (Å²) in [6.07, 6.45) is 2.51. The number of hydrogen-bond acceptors (Lipinski definition) is 6. The van der Waals surface area contributed by atoms with E-state index in [1.165, 1.54) is 18.4 Å². The summed E-state index contributed by atoms with van der Waals surface area (Å²) in [5, 5.41) is 3.39. The van der Waals surface area contributed by atoms with Crippen LogP contribution in [0.25, 0.3) is 11.3 Å². The number of anilines is 1. The molecule has 140 valence electrons. The van der Waals surface area contributed by atoms with Crippen molar-refractivity contribution in [3.63, 3.8) is 0 Å². The Balaban J connectivity index is 0.00000243. The number of nitrogens with zero attached hydrogens (tertiary/aromatic N) is 1. The van der Waals surface area contributed by atoms with E-state index in [1.807, 2.05) is 30.3 Å². The van der Waals surface area contributed by atoms with Gasteiger partial charge in [-0.3, -0.25) is 9.59 Å². The van der Waals surface area contributed by atoms with Gasteiger partial charge in [-0.2, -0.15) is 0 Å². The number of carbonyl (C=O) groups excluding carboxylic acids is 2. The molecule has 6 nitrogen and oxygen atoms in total. The predicted molar refractivity (Wildman–Crippen MR) is 104 cm³/mol. The van der Waals surface area contributed by atoms with Crippen molar-refractivity contribution in [1.82, 2.24) is 4.98 Å². The third-order valence-electron chi connectivity index (χ3n) is 4.35. The van der Waals surface area contributed by atoms with Crippen LogP contribution in [0.4, 0.5) is 5.13 Å². The first kappa shape index (κ1) is 20.4. The van der Waals surface area contributed by atoms with Crippen LogP contribution < -0.4 is 11.1 Å². The summed E-state index contributed by atoms with van der Waals surface area (Å²) in [6, 6.07) is 9.70. The minimum Gasteiger partial charge on any atom is -0.469 e. The number of nitrogens with two attached hydrogens (primary N) is 1. The number of carbonyl (C=O) groups is 2. The number of nitrogens with one attached hydrogen (secondary N) is 1. The number of thiazole rings is 1. The van der Waals surface area contributed by atoms with E-state index in [9.17, 15) is 9.59 Å². The van der Waals surface area contributed by atoms with Gasteiger partial charge in [0.2, 0.25) is 5.91 Å². The van der Waals surface area contributed by atoms with Crippen molar-refractivity contribution in [3.8, 4) is 11.3 Å². The van der Waals surface area contributed by atoms with Gasteiger partial charge in [0.05, 0.1) is 19.2 Å².